The molecule has 0 aliphatic carbocycles. The molecule has 0 aromatic heterocycles. The lowest BCUT2D eigenvalue weighted by molar-refractivity contribution is -0.121. The first-order chi connectivity index (χ1) is 10.7. The van der Waals surface area contributed by atoms with Crippen molar-refractivity contribution in [2.45, 2.75) is 45.6 Å². The van der Waals surface area contributed by atoms with Crippen LogP contribution in [0.1, 0.15) is 51.1 Å². The van der Waals surface area contributed by atoms with Crippen molar-refractivity contribution in [1.29, 1.82) is 0 Å². The van der Waals surface area contributed by atoms with Crippen molar-refractivity contribution in [3.63, 3.8) is 0 Å². The standard InChI is InChI=1S/C17H26N2O3/c1-3-5-9-12-18-16(20)13-15(19-17(21)22-4-2)14-10-7-6-8-11-14/h6-8,10-11,15H,3-5,9,12-13H2,1-2H3,(H,18,20)(H,19,21)/t15-/m1/s1. The second-order valence-corrected chi connectivity index (χ2v) is 5.09. The van der Waals surface area contributed by atoms with Gasteiger partial charge in [-0.05, 0) is 18.9 Å². The number of unbranched alkanes of at least 4 members (excludes halogenated alkanes) is 2. The molecule has 1 aromatic carbocycles. The van der Waals surface area contributed by atoms with Gasteiger partial charge in [0.15, 0.2) is 0 Å². The quantitative estimate of drug-likeness (QED) is 0.689. The van der Waals surface area contributed by atoms with Crippen molar-refractivity contribution < 1.29 is 14.3 Å². The Balaban J connectivity index is 2.58. The monoisotopic (exact) mass is 306 g/mol. The zero-order chi connectivity index (χ0) is 16.2. The first-order valence-electron chi connectivity index (χ1n) is 7.92. The summed E-state index contributed by atoms with van der Waals surface area (Å²) in [5.74, 6) is -0.0678. The lowest BCUT2D eigenvalue weighted by Gasteiger charge is -2.18. The molecule has 5 heteroatoms. The van der Waals surface area contributed by atoms with Gasteiger partial charge in [-0.3, -0.25) is 4.79 Å². The zero-order valence-corrected chi connectivity index (χ0v) is 13.4. The number of carbonyl (C=O) groups is 2. The largest absolute Gasteiger partial charge is 0.450 e. The van der Waals surface area contributed by atoms with Crippen LogP contribution in [0.4, 0.5) is 4.79 Å². The van der Waals surface area contributed by atoms with E-state index < -0.39 is 6.09 Å². The minimum Gasteiger partial charge on any atom is -0.450 e. The predicted molar refractivity (Wildman–Crippen MR) is 86.5 cm³/mol. The fraction of sp³-hybridized carbons (Fsp3) is 0.529. The molecule has 0 heterocycles. The fourth-order valence-corrected chi connectivity index (χ4v) is 2.11. The second-order valence-electron chi connectivity index (χ2n) is 5.09. The van der Waals surface area contributed by atoms with E-state index in [1.165, 1.54) is 0 Å². The lowest BCUT2D eigenvalue weighted by atomic mass is 10.0. The number of nitrogens with one attached hydrogen (secondary N) is 2. The molecule has 5 nitrogen and oxygen atoms in total. The average Bonchev–Trinajstić information content (AvgIpc) is 2.52. The smallest absolute Gasteiger partial charge is 0.407 e. The number of alkyl carbamates (subject to hydrolysis) is 1. The van der Waals surface area contributed by atoms with Crippen LogP contribution < -0.4 is 10.6 Å². The van der Waals surface area contributed by atoms with Gasteiger partial charge in [-0.1, -0.05) is 50.1 Å². The summed E-state index contributed by atoms with van der Waals surface area (Å²) in [5, 5.41) is 5.64. The summed E-state index contributed by atoms with van der Waals surface area (Å²) in [7, 11) is 0. The summed E-state index contributed by atoms with van der Waals surface area (Å²) in [6.45, 7) is 4.85. The van der Waals surface area contributed by atoms with E-state index in [9.17, 15) is 9.59 Å². The summed E-state index contributed by atoms with van der Waals surface area (Å²) >= 11 is 0. The Bertz CT molecular complexity index is 448. The predicted octanol–water partition coefficient (Wildman–Crippen LogP) is 3.17. The topological polar surface area (TPSA) is 67.4 Å². The van der Waals surface area contributed by atoms with E-state index in [1.807, 2.05) is 30.3 Å². The molecule has 1 atom stereocenters. The van der Waals surface area contributed by atoms with E-state index in [1.54, 1.807) is 6.92 Å². The van der Waals surface area contributed by atoms with Crippen LogP contribution in [0, 0.1) is 0 Å². The maximum atomic E-state index is 12.0. The number of benzene rings is 1. The maximum Gasteiger partial charge on any atom is 0.407 e. The van der Waals surface area contributed by atoms with Crippen molar-refractivity contribution in [3.8, 4) is 0 Å². The molecular weight excluding hydrogens is 280 g/mol. The number of carbonyl (C=O) groups excluding carboxylic acids is 2. The molecule has 0 aliphatic heterocycles. The van der Waals surface area contributed by atoms with Crippen molar-refractivity contribution in [2.24, 2.45) is 0 Å². The Morgan fingerprint density at radius 1 is 1.14 bits per heavy atom. The molecule has 2 amide bonds. The van der Waals surface area contributed by atoms with Gasteiger partial charge in [0, 0.05) is 6.54 Å². The first-order valence-corrected chi connectivity index (χ1v) is 7.92. The van der Waals surface area contributed by atoms with E-state index in [2.05, 4.69) is 17.6 Å². The molecule has 22 heavy (non-hydrogen) atoms. The van der Waals surface area contributed by atoms with Gasteiger partial charge in [-0.25, -0.2) is 4.79 Å². The van der Waals surface area contributed by atoms with Crippen LogP contribution in [0.2, 0.25) is 0 Å². The molecule has 0 radical (unpaired) electrons. The Kier molecular flexibility index (Phi) is 8.72. The van der Waals surface area contributed by atoms with E-state index in [0.717, 1.165) is 24.8 Å². The molecular formula is C17H26N2O3. The Hall–Kier alpha value is -2.04. The molecule has 0 saturated heterocycles. The van der Waals surface area contributed by atoms with Gasteiger partial charge in [0.1, 0.15) is 0 Å². The second kappa shape index (κ2) is 10.7. The normalized spacial score (nSPS) is 11.5. The van der Waals surface area contributed by atoms with Crippen LogP contribution in [0.25, 0.3) is 0 Å². The molecule has 0 spiro atoms. The summed E-state index contributed by atoms with van der Waals surface area (Å²) in [4.78, 5) is 23.7. The molecule has 2 N–H and O–H groups in total. The Labute approximate surface area is 132 Å². The van der Waals surface area contributed by atoms with E-state index in [-0.39, 0.29) is 18.4 Å². The molecule has 0 saturated carbocycles. The summed E-state index contributed by atoms with van der Waals surface area (Å²) < 4.78 is 4.91. The van der Waals surface area contributed by atoms with Crippen LogP contribution in [-0.2, 0) is 9.53 Å². The number of hydrogen-bond donors (Lipinski definition) is 2. The summed E-state index contributed by atoms with van der Waals surface area (Å²) in [6.07, 6.45) is 2.89. The minimum atomic E-state index is -0.505. The SMILES string of the molecule is CCCCCNC(=O)C[C@@H](NC(=O)OCC)c1ccccc1. The highest BCUT2D eigenvalue weighted by atomic mass is 16.5. The third-order valence-electron chi connectivity index (χ3n) is 3.26. The Morgan fingerprint density at radius 3 is 2.50 bits per heavy atom. The highest BCUT2D eigenvalue weighted by Crippen LogP contribution is 2.16. The molecule has 1 rings (SSSR count). The third kappa shape index (κ3) is 7.11. The molecule has 1 aromatic rings. The summed E-state index contributed by atoms with van der Waals surface area (Å²) in [5.41, 5.74) is 0.888. The molecule has 0 aliphatic rings. The Morgan fingerprint density at radius 2 is 1.86 bits per heavy atom. The zero-order valence-electron chi connectivity index (χ0n) is 13.4. The van der Waals surface area contributed by atoms with Gasteiger partial charge in [0.2, 0.25) is 5.91 Å². The van der Waals surface area contributed by atoms with E-state index in [0.29, 0.717) is 13.2 Å². The van der Waals surface area contributed by atoms with Crippen molar-refractivity contribution in [1.82, 2.24) is 10.6 Å². The van der Waals surface area contributed by atoms with Gasteiger partial charge in [0.05, 0.1) is 19.1 Å². The third-order valence-corrected chi connectivity index (χ3v) is 3.26. The summed E-state index contributed by atoms with van der Waals surface area (Å²) in [6, 6.07) is 9.06. The van der Waals surface area contributed by atoms with E-state index in [4.69, 9.17) is 4.74 Å². The number of rotatable bonds is 9. The molecule has 0 fully saturated rings. The highest BCUT2D eigenvalue weighted by Gasteiger charge is 2.18. The lowest BCUT2D eigenvalue weighted by Crippen LogP contribution is -2.34. The first kappa shape index (κ1) is 18.0. The minimum absolute atomic E-state index is 0.0678. The number of amides is 2. The van der Waals surface area contributed by atoms with Gasteiger partial charge in [-0.2, -0.15) is 0 Å². The van der Waals surface area contributed by atoms with Gasteiger partial charge >= 0.3 is 6.09 Å². The van der Waals surface area contributed by atoms with Crippen molar-refractivity contribution in [3.05, 3.63) is 35.9 Å². The number of hydrogen-bond acceptors (Lipinski definition) is 3. The average molecular weight is 306 g/mol. The van der Waals surface area contributed by atoms with Crippen molar-refractivity contribution in [2.75, 3.05) is 13.2 Å². The van der Waals surface area contributed by atoms with Crippen LogP contribution >= 0.6 is 0 Å². The molecule has 0 unspecified atom stereocenters. The van der Waals surface area contributed by atoms with Crippen LogP contribution in [0.15, 0.2) is 30.3 Å². The van der Waals surface area contributed by atoms with Crippen LogP contribution in [0.5, 0.6) is 0 Å². The van der Waals surface area contributed by atoms with Crippen molar-refractivity contribution >= 4 is 12.0 Å². The van der Waals surface area contributed by atoms with E-state index >= 15 is 0 Å². The fourth-order valence-electron chi connectivity index (χ4n) is 2.11. The van der Waals surface area contributed by atoms with Crippen LogP contribution in [-0.4, -0.2) is 25.2 Å². The highest BCUT2D eigenvalue weighted by molar-refractivity contribution is 5.78. The molecule has 0 bridgehead atoms. The maximum absolute atomic E-state index is 12.0. The number of ether oxygens (including phenoxy) is 1. The van der Waals surface area contributed by atoms with Gasteiger partial charge < -0.3 is 15.4 Å². The van der Waals surface area contributed by atoms with Crippen LogP contribution in [0.3, 0.4) is 0 Å². The van der Waals surface area contributed by atoms with Gasteiger partial charge in [0.25, 0.3) is 0 Å². The molecule has 122 valence electrons. The van der Waals surface area contributed by atoms with Gasteiger partial charge in [-0.15, -0.1) is 0 Å².